The van der Waals surface area contributed by atoms with Gasteiger partial charge in [0.05, 0.1) is 6.10 Å². The van der Waals surface area contributed by atoms with Crippen molar-refractivity contribution in [3.8, 4) is 0 Å². The van der Waals surface area contributed by atoms with Crippen LogP contribution in [-0.2, 0) is 9.53 Å². The Kier molecular flexibility index (Phi) is 2.22. The van der Waals surface area contributed by atoms with E-state index >= 15 is 0 Å². The molecule has 2 heteroatoms. The van der Waals surface area contributed by atoms with Gasteiger partial charge in [0.1, 0.15) is 5.60 Å². The van der Waals surface area contributed by atoms with Crippen LogP contribution in [-0.4, -0.2) is 17.5 Å². The molecule has 0 N–H and O–H groups in total. The molecule has 2 aliphatic rings. The van der Waals surface area contributed by atoms with Gasteiger partial charge < -0.3 is 4.74 Å². The van der Waals surface area contributed by atoms with Crippen LogP contribution in [0.25, 0.3) is 0 Å². The third-order valence-corrected chi connectivity index (χ3v) is 4.05. The molecule has 1 saturated heterocycles. The summed E-state index contributed by atoms with van der Waals surface area (Å²) in [6.07, 6.45) is 5.10. The molecule has 14 heavy (non-hydrogen) atoms. The van der Waals surface area contributed by atoms with E-state index in [2.05, 4.69) is 20.8 Å². The van der Waals surface area contributed by atoms with Crippen molar-refractivity contribution in [2.45, 2.75) is 64.6 Å². The van der Waals surface area contributed by atoms with Gasteiger partial charge in [0, 0.05) is 11.8 Å². The Morgan fingerprint density at radius 1 is 1.36 bits per heavy atom. The van der Waals surface area contributed by atoms with Gasteiger partial charge in [0.2, 0.25) is 0 Å². The second-order valence-electron chi connectivity index (χ2n) is 5.45. The number of hydrogen-bond donors (Lipinski definition) is 0. The van der Waals surface area contributed by atoms with Crippen molar-refractivity contribution >= 4 is 5.78 Å². The quantitative estimate of drug-likeness (QED) is 0.595. The van der Waals surface area contributed by atoms with E-state index in [1.807, 2.05) is 0 Å². The van der Waals surface area contributed by atoms with E-state index in [-0.39, 0.29) is 11.5 Å². The van der Waals surface area contributed by atoms with Gasteiger partial charge in [0.15, 0.2) is 5.78 Å². The van der Waals surface area contributed by atoms with E-state index in [0.29, 0.717) is 5.78 Å². The summed E-state index contributed by atoms with van der Waals surface area (Å²) < 4.78 is 5.97. The molecular formula is C12H20O2. The average Bonchev–Trinajstić information content (AvgIpc) is 2.46. The molecule has 0 radical (unpaired) electrons. The van der Waals surface area contributed by atoms with Gasteiger partial charge in [0.25, 0.3) is 0 Å². The van der Waals surface area contributed by atoms with Gasteiger partial charge in [-0.05, 0) is 32.6 Å². The summed E-state index contributed by atoms with van der Waals surface area (Å²) >= 11 is 0. The average molecular weight is 196 g/mol. The summed E-state index contributed by atoms with van der Waals surface area (Å²) in [6, 6.07) is 0. The number of hydrogen-bond acceptors (Lipinski definition) is 2. The van der Waals surface area contributed by atoms with Crippen LogP contribution in [0.2, 0.25) is 0 Å². The zero-order valence-corrected chi connectivity index (χ0v) is 9.43. The highest BCUT2D eigenvalue weighted by Gasteiger charge is 2.56. The van der Waals surface area contributed by atoms with Gasteiger partial charge in [-0.25, -0.2) is 0 Å². The van der Waals surface area contributed by atoms with Crippen molar-refractivity contribution in [3.05, 3.63) is 0 Å². The predicted octanol–water partition coefficient (Wildman–Crippen LogP) is 2.70. The molecule has 1 aliphatic carbocycles. The van der Waals surface area contributed by atoms with Crippen LogP contribution >= 0.6 is 0 Å². The summed E-state index contributed by atoms with van der Waals surface area (Å²) in [4.78, 5) is 12.1. The Labute approximate surface area is 86.0 Å². The Bertz CT molecular complexity index is 257. The molecule has 1 aliphatic heterocycles. The highest BCUT2D eigenvalue weighted by atomic mass is 16.5. The minimum Gasteiger partial charge on any atom is -0.364 e. The third-order valence-electron chi connectivity index (χ3n) is 4.05. The normalized spacial score (nSPS) is 41.9. The van der Waals surface area contributed by atoms with E-state index in [0.717, 1.165) is 32.1 Å². The van der Waals surface area contributed by atoms with Crippen LogP contribution < -0.4 is 0 Å². The molecule has 0 aromatic carbocycles. The van der Waals surface area contributed by atoms with Gasteiger partial charge in [-0.15, -0.1) is 0 Å². The summed E-state index contributed by atoms with van der Waals surface area (Å²) in [6.45, 7) is 6.44. The van der Waals surface area contributed by atoms with Crippen LogP contribution in [0, 0.1) is 5.41 Å². The number of rotatable bonds is 0. The number of carbonyl (C=O) groups is 1. The lowest BCUT2D eigenvalue weighted by Crippen LogP contribution is -2.53. The first kappa shape index (κ1) is 10.2. The Hall–Kier alpha value is -0.370. The lowest BCUT2D eigenvalue weighted by atomic mass is 9.63. The van der Waals surface area contributed by atoms with Crippen molar-refractivity contribution in [2.75, 3.05) is 0 Å². The topological polar surface area (TPSA) is 26.3 Å². The maximum atomic E-state index is 12.1. The fraction of sp³-hybridized carbons (Fsp3) is 0.917. The smallest absolute Gasteiger partial charge is 0.165 e. The minimum atomic E-state index is -0.440. The van der Waals surface area contributed by atoms with Crippen LogP contribution in [0.4, 0.5) is 0 Å². The third kappa shape index (κ3) is 1.23. The maximum Gasteiger partial charge on any atom is 0.165 e. The SMILES string of the molecule is C[C@H]1CC[C@@]2(O1)C(=O)CCCC2(C)C. The number of Topliss-reactive ketones (excluding diaryl/α,β-unsaturated/α-hetero) is 1. The van der Waals surface area contributed by atoms with Gasteiger partial charge in [-0.2, -0.15) is 0 Å². The van der Waals surface area contributed by atoms with E-state index in [1.54, 1.807) is 0 Å². The highest BCUT2D eigenvalue weighted by Crippen LogP contribution is 2.50. The first-order valence-corrected chi connectivity index (χ1v) is 5.69. The van der Waals surface area contributed by atoms with Crippen molar-refractivity contribution < 1.29 is 9.53 Å². The van der Waals surface area contributed by atoms with Crippen LogP contribution in [0.3, 0.4) is 0 Å². The molecule has 0 aromatic rings. The largest absolute Gasteiger partial charge is 0.364 e. The van der Waals surface area contributed by atoms with Crippen LogP contribution in [0.5, 0.6) is 0 Å². The molecule has 2 atom stereocenters. The van der Waals surface area contributed by atoms with Crippen molar-refractivity contribution in [3.63, 3.8) is 0 Å². The van der Waals surface area contributed by atoms with Gasteiger partial charge in [-0.1, -0.05) is 13.8 Å². The lowest BCUT2D eigenvalue weighted by molar-refractivity contribution is -0.167. The number of carbonyl (C=O) groups excluding carboxylic acids is 1. The molecule has 0 amide bonds. The fourth-order valence-corrected chi connectivity index (χ4v) is 3.04. The fourth-order valence-electron chi connectivity index (χ4n) is 3.04. The highest BCUT2D eigenvalue weighted by molar-refractivity contribution is 5.89. The molecule has 80 valence electrons. The Balaban J connectivity index is 2.32. The van der Waals surface area contributed by atoms with E-state index in [9.17, 15) is 4.79 Å². The molecule has 1 spiro atoms. The van der Waals surface area contributed by atoms with E-state index in [1.165, 1.54) is 0 Å². The first-order valence-electron chi connectivity index (χ1n) is 5.69. The zero-order valence-electron chi connectivity index (χ0n) is 9.43. The summed E-state index contributed by atoms with van der Waals surface area (Å²) in [5.41, 5.74) is -0.405. The number of ketones is 1. The summed E-state index contributed by atoms with van der Waals surface area (Å²) in [5, 5.41) is 0. The first-order chi connectivity index (χ1) is 6.48. The van der Waals surface area contributed by atoms with Crippen LogP contribution in [0.1, 0.15) is 52.9 Å². The monoisotopic (exact) mass is 196 g/mol. The van der Waals surface area contributed by atoms with Crippen LogP contribution in [0.15, 0.2) is 0 Å². The molecule has 0 bridgehead atoms. The molecule has 1 heterocycles. The Morgan fingerprint density at radius 2 is 2.07 bits per heavy atom. The Morgan fingerprint density at radius 3 is 2.57 bits per heavy atom. The molecule has 2 nitrogen and oxygen atoms in total. The predicted molar refractivity (Wildman–Crippen MR) is 55.2 cm³/mol. The van der Waals surface area contributed by atoms with Gasteiger partial charge >= 0.3 is 0 Å². The zero-order chi connectivity index (χ0) is 10.4. The maximum absolute atomic E-state index is 12.1. The van der Waals surface area contributed by atoms with Crippen molar-refractivity contribution in [1.82, 2.24) is 0 Å². The van der Waals surface area contributed by atoms with E-state index < -0.39 is 5.60 Å². The second kappa shape index (κ2) is 3.06. The molecule has 0 aromatic heterocycles. The minimum absolute atomic E-state index is 0.0348. The summed E-state index contributed by atoms with van der Waals surface area (Å²) in [7, 11) is 0. The molecule has 2 rings (SSSR count). The molecule has 0 unspecified atom stereocenters. The van der Waals surface area contributed by atoms with Crippen molar-refractivity contribution in [1.29, 1.82) is 0 Å². The molecule has 2 fully saturated rings. The van der Waals surface area contributed by atoms with Crippen molar-refractivity contribution in [2.24, 2.45) is 5.41 Å². The standard InChI is InChI=1S/C12H20O2/c1-9-6-8-12(14-9)10(13)5-4-7-11(12,2)3/h9H,4-8H2,1-3H3/t9-,12+/m0/s1. The second-order valence-corrected chi connectivity index (χ2v) is 5.45. The van der Waals surface area contributed by atoms with Gasteiger partial charge in [-0.3, -0.25) is 4.79 Å². The molecule has 1 saturated carbocycles. The lowest BCUT2D eigenvalue weighted by Gasteiger charge is -2.45. The number of ether oxygens (including phenoxy) is 1. The van der Waals surface area contributed by atoms with E-state index in [4.69, 9.17) is 4.74 Å². The molecular weight excluding hydrogens is 176 g/mol. The summed E-state index contributed by atoms with van der Waals surface area (Å²) in [5.74, 6) is 0.345.